The molecule has 0 aliphatic rings. The molecule has 0 saturated carbocycles. The molecule has 1 aromatic heterocycles. The molecule has 138 valence electrons. The van der Waals surface area contributed by atoms with Gasteiger partial charge in [0.25, 0.3) is 5.91 Å². The number of benzene rings is 2. The van der Waals surface area contributed by atoms with Gasteiger partial charge in [-0.25, -0.2) is 9.48 Å². The van der Waals surface area contributed by atoms with Crippen LogP contribution >= 0.6 is 27.5 Å². The smallest absolute Gasteiger partial charge is 0.357 e. The van der Waals surface area contributed by atoms with Crippen molar-refractivity contribution in [2.45, 2.75) is 0 Å². The first-order chi connectivity index (χ1) is 12.9. The molecular weight excluding hydrogens is 438 g/mol. The summed E-state index contributed by atoms with van der Waals surface area (Å²) < 4.78 is 6.59. The fourth-order valence-corrected chi connectivity index (χ4v) is 3.11. The Hall–Kier alpha value is -2.84. The van der Waals surface area contributed by atoms with E-state index in [0.717, 1.165) is 0 Å². The van der Waals surface area contributed by atoms with Crippen LogP contribution in [-0.4, -0.2) is 33.9 Å². The molecule has 0 radical (unpaired) electrons. The first kappa shape index (κ1) is 18.9. The van der Waals surface area contributed by atoms with Crippen molar-refractivity contribution in [3.8, 4) is 11.4 Å². The number of hydrogen-bond donors (Lipinski definition) is 2. The van der Waals surface area contributed by atoms with Gasteiger partial charge in [0.1, 0.15) is 5.75 Å². The van der Waals surface area contributed by atoms with Crippen LogP contribution in [0.25, 0.3) is 5.69 Å². The maximum Gasteiger partial charge on any atom is 0.357 e. The Bertz CT molecular complexity index is 1020. The zero-order valence-corrected chi connectivity index (χ0v) is 16.3. The molecule has 9 heteroatoms. The molecule has 2 N–H and O–H groups in total. The zero-order valence-electron chi connectivity index (χ0n) is 13.9. The number of halogens is 2. The molecular formula is C18H13BrClN3O4. The molecule has 1 amide bonds. The van der Waals surface area contributed by atoms with Gasteiger partial charge in [0.2, 0.25) is 0 Å². The third-order valence-corrected chi connectivity index (χ3v) is 4.78. The molecule has 0 spiro atoms. The van der Waals surface area contributed by atoms with Crippen LogP contribution in [0.3, 0.4) is 0 Å². The summed E-state index contributed by atoms with van der Waals surface area (Å²) in [6.07, 6.45) is 0. The first-order valence-electron chi connectivity index (χ1n) is 7.64. The van der Waals surface area contributed by atoms with E-state index in [0.29, 0.717) is 11.4 Å². The average Bonchev–Trinajstić information content (AvgIpc) is 2.99. The van der Waals surface area contributed by atoms with Crippen molar-refractivity contribution in [1.29, 1.82) is 0 Å². The lowest BCUT2D eigenvalue weighted by Crippen LogP contribution is -2.16. The van der Waals surface area contributed by atoms with Crippen molar-refractivity contribution in [3.63, 3.8) is 0 Å². The van der Waals surface area contributed by atoms with Gasteiger partial charge in [0.05, 0.1) is 27.9 Å². The van der Waals surface area contributed by atoms with Crippen LogP contribution in [0.1, 0.15) is 20.8 Å². The molecule has 3 rings (SSSR count). The summed E-state index contributed by atoms with van der Waals surface area (Å²) in [7, 11) is 1.54. The van der Waals surface area contributed by atoms with Crippen LogP contribution < -0.4 is 10.1 Å². The number of amides is 1. The van der Waals surface area contributed by atoms with E-state index in [9.17, 15) is 14.7 Å². The summed E-state index contributed by atoms with van der Waals surface area (Å²) in [5, 5.41) is 16.4. The molecule has 0 atom stereocenters. The molecule has 0 unspecified atom stereocenters. The summed E-state index contributed by atoms with van der Waals surface area (Å²) in [6.45, 7) is 0. The number of carboxylic acids is 1. The standard InChI is InChI=1S/C18H13BrClN3O4/c1-27-11-8-6-10(7-9-11)23-16(14(19)15(22-23)18(25)26)21-17(24)12-4-2-3-5-13(12)20/h2-9H,1H3,(H,21,24)(H,25,26). The highest BCUT2D eigenvalue weighted by molar-refractivity contribution is 9.10. The van der Waals surface area contributed by atoms with Gasteiger partial charge in [-0.3, -0.25) is 4.79 Å². The minimum Gasteiger partial charge on any atom is -0.497 e. The average molecular weight is 451 g/mol. The highest BCUT2D eigenvalue weighted by atomic mass is 79.9. The lowest BCUT2D eigenvalue weighted by molar-refractivity contribution is 0.0688. The van der Waals surface area contributed by atoms with Gasteiger partial charge < -0.3 is 15.2 Å². The molecule has 1 heterocycles. The molecule has 0 aliphatic heterocycles. The van der Waals surface area contributed by atoms with Crippen LogP contribution in [0.5, 0.6) is 5.75 Å². The maximum absolute atomic E-state index is 12.6. The molecule has 27 heavy (non-hydrogen) atoms. The van der Waals surface area contributed by atoms with E-state index in [1.807, 2.05) is 0 Å². The van der Waals surface area contributed by atoms with Crippen molar-refractivity contribution in [1.82, 2.24) is 9.78 Å². The lowest BCUT2D eigenvalue weighted by Gasteiger charge is -2.11. The van der Waals surface area contributed by atoms with Crippen molar-refractivity contribution < 1.29 is 19.4 Å². The number of hydrogen-bond acceptors (Lipinski definition) is 4. The second kappa shape index (κ2) is 7.81. The number of aromatic carboxylic acids is 1. The minimum absolute atomic E-state index is 0.145. The number of nitrogens with zero attached hydrogens (tertiary/aromatic N) is 2. The zero-order chi connectivity index (χ0) is 19.6. The number of methoxy groups -OCH3 is 1. The Balaban J connectivity index is 2.06. The summed E-state index contributed by atoms with van der Waals surface area (Å²) in [4.78, 5) is 24.1. The Labute approximate surface area is 167 Å². The van der Waals surface area contributed by atoms with E-state index in [2.05, 4.69) is 26.3 Å². The first-order valence-corrected chi connectivity index (χ1v) is 8.81. The minimum atomic E-state index is -1.23. The fourth-order valence-electron chi connectivity index (χ4n) is 2.37. The Morgan fingerprint density at radius 1 is 1.19 bits per heavy atom. The van der Waals surface area contributed by atoms with Gasteiger partial charge >= 0.3 is 5.97 Å². The number of rotatable bonds is 5. The molecule has 0 bridgehead atoms. The lowest BCUT2D eigenvalue weighted by atomic mass is 10.2. The highest BCUT2D eigenvalue weighted by Gasteiger charge is 2.24. The van der Waals surface area contributed by atoms with E-state index in [4.69, 9.17) is 16.3 Å². The number of carbonyl (C=O) groups is 2. The summed E-state index contributed by atoms with van der Waals surface area (Å²) in [5.74, 6) is -0.928. The quantitative estimate of drug-likeness (QED) is 0.606. The fraction of sp³-hybridized carbons (Fsp3) is 0.0556. The summed E-state index contributed by atoms with van der Waals surface area (Å²) >= 11 is 9.28. The van der Waals surface area contributed by atoms with Gasteiger partial charge in [-0.05, 0) is 52.3 Å². The molecule has 2 aromatic carbocycles. The normalized spacial score (nSPS) is 10.5. The van der Waals surface area contributed by atoms with Gasteiger partial charge in [0, 0.05) is 0 Å². The van der Waals surface area contributed by atoms with E-state index in [1.165, 1.54) is 11.8 Å². The van der Waals surface area contributed by atoms with Gasteiger partial charge in [-0.15, -0.1) is 0 Å². The third-order valence-electron chi connectivity index (χ3n) is 3.70. The Kier molecular flexibility index (Phi) is 5.48. The van der Waals surface area contributed by atoms with Gasteiger partial charge in [0.15, 0.2) is 11.5 Å². The molecule has 3 aromatic rings. The van der Waals surface area contributed by atoms with Crippen molar-refractivity contribution in [2.75, 3.05) is 12.4 Å². The number of carboxylic acid groups (broad SMARTS) is 1. The van der Waals surface area contributed by atoms with Gasteiger partial charge in [-0.2, -0.15) is 5.10 Å². The van der Waals surface area contributed by atoms with Crippen LogP contribution in [0.2, 0.25) is 5.02 Å². The van der Waals surface area contributed by atoms with E-state index >= 15 is 0 Å². The SMILES string of the molecule is COc1ccc(-n2nc(C(=O)O)c(Br)c2NC(=O)c2ccccc2Cl)cc1. The number of ether oxygens (including phenoxy) is 1. The maximum atomic E-state index is 12.6. The van der Waals surface area contributed by atoms with E-state index in [1.54, 1.807) is 48.5 Å². The molecule has 0 aliphatic carbocycles. The Morgan fingerprint density at radius 3 is 2.44 bits per heavy atom. The van der Waals surface area contributed by atoms with Crippen LogP contribution in [0.4, 0.5) is 5.82 Å². The third kappa shape index (κ3) is 3.81. The number of nitrogens with one attached hydrogen (secondary N) is 1. The molecule has 7 nitrogen and oxygen atoms in total. The predicted molar refractivity (Wildman–Crippen MR) is 104 cm³/mol. The summed E-state index contributed by atoms with van der Waals surface area (Å²) in [6, 6.07) is 13.3. The van der Waals surface area contributed by atoms with Crippen molar-refractivity contribution in [3.05, 3.63) is 69.3 Å². The largest absolute Gasteiger partial charge is 0.497 e. The topological polar surface area (TPSA) is 93.5 Å². The molecule has 0 fully saturated rings. The van der Waals surface area contributed by atoms with Crippen LogP contribution in [0, 0.1) is 0 Å². The molecule has 0 saturated heterocycles. The summed E-state index contributed by atoms with van der Waals surface area (Å²) in [5.41, 5.74) is 0.559. The number of aromatic nitrogens is 2. The van der Waals surface area contributed by atoms with E-state index < -0.39 is 11.9 Å². The van der Waals surface area contributed by atoms with Crippen molar-refractivity contribution >= 4 is 45.2 Å². The van der Waals surface area contributed by atoms with E-state index in [-0.39, 0.29) is 26.6 Å². The number of carbonyl (C=O) groups excluding carboxylic acids is 1. The highest BCUT2D eigenvalue weighted by Crippen LogP contribution is 2.31. The Morgan fingerprint density at radius 2 is 1.85 bits per heavy atom. The van der Waals surface area contributed by atoms with Crippen molar-refractivity contribution in [2.24, 2.45) is 0 Å². The second-order valence-electron chi connectivity index (χ2n) is 5.36. The van der Waals surface area contributed by atoms with Crippen LogP contribution in [-0.2, 0) is 0 Å². The van der Waals surface area contributed by atoms with Gasteiger partial charge in [-0.1, -0.05) is 23.7 Å². The van der Waals surface area contributed by atoms with Crippen LogP contribution in [0.15, 0.2) is 53.0 Å². The predicted octanol–water partition coefficient (Wildman–Crippen LogP) is 4.25. The second-order valence-corrected chi connectivity index (χ2v) is 6.56. The number of anilines is 1. The monoisotopic (exact) mass is 449 g/mol.